The lowest BCUT2D eigenvalue weighted by Gasteiger charge is -2.38. The molecule has 0 bridgehead atoms. The van der Waals surface area contributed by atoms with Crippen LogP contribution in [0.4, 0.5) is 0 Å². The molecule has 122 valence electrons. The van der Waals surface area contributed by atoms with E-state index in [0.717, 1.165) is 50.4 Å². The minimum absolute atomic E-state index is 0.192. The van der Waals surface area contributed by atoms with Crippen LogP contribution >= 0.6 is 11.3 Å². The topological polar surface area (TPSA) is 38.8 Å². The van der Waals surface area contributed by atoms with Crippen LogP contribution in [0.15, 0.2) is 12.1 Å². The number of amides is 1. The smallest absolute Gasteiger partial charge is 0.263 e. The summed E-state index contributed by atoms with van der Waals surface area (Å²) >= 11 is 1.59. The van der Waals surface area contributed by atoms with Gasteiger partial charge in [-0.2, -0.15) is 0 Å². The molecule has 0 aromatic carbocycles. The van der Waals surface area contributed by atoms with Crippen molar-refractivity contribution >= 4 is 17.2 Å². The van der Waals surface area contributed by atoms with Crippen molar-refractivity contribution in [1.82, 2.24) is 4.90 Å². The minimum Gasteiger partial charge on any atom is -0.379 e. The van der Waals surface area contributed by atoms with Gasteiger partial charge in [-0.3, -0.25) is 4.79 Å². The number of likely N-dealkylation sites (tertiary alicyclic amines) is 1. The second-order valence-corrected chi connectivity index (χ2v) is 7.79. The van der Waals surface area contributed by atoms with Gasteiger partial charge >= 0.3 is 0 Å². The van der Waals surface area contributed by atoms with Crippen LogP contribution in [-0.4, -0.2) is 49.8 Å². The van der Waals surface area contributed by atoms with Gasteiger partial charge in [-0.05, 0) is 50.7 Å². The van der Waals surface area contributed by atoms with Crippen molar-refractivity contribution in [3.05, 3.63) is 21.9 Å². The average molecular weight is 323 g/mol. The molecule has 1 aromatic rings. The number of thiophene rings is 1. The predicted octanol–water partition coefficient (Wildman–Crippen LogP) is 3.10. The molecule has 4 nitrogen and oxygen atoms in total. The van der Waals surface area contributed by atoms with E-state index >= 15 is 0 Å². The lowest BCUT2D eigenvalue weighted by molar-refractivity contribution is 0.0160. The van der Waals surface area contributed by atoms with E-state index in [1.54, 1.807) is 11.3 Å². The number of carbonyl (C=O) groups is 1. The van der Waals surface area contributed by atoms with Crippen molar-refractivity contribution in [2.75, 3.05) is 32.9 Å². The van der Waals surface area contributed by atoms with Crippen molar-refractivity contribution < 1.29 is 14.3 Å². The van der Waals surface area contributed by atoms with E-state index in [0.29, 0.717) is 6.61 Å². The summed E-state index contributed by atoms with van der Waals surface area (Å²) in [6, 6.07) is 3.97. The predicted molar refractivity (Wildman–Crippen MR) is 87.5 cm³/mol. The molecule has 2 aliphatic heterocycles. The number of rotatable bonds is 4. The average Bonchev–Trinajstić information content (AvgIpc) is 3.12. The van der Waals surface area contributed by atoms with E-state index in [1.165, 1.54) is 4.88 Å². The van der Waals surface area contributed by atoms with Crippen LogP contribution < -0.4 is 0 Å². The first-order chi connectivity index (χ1) is 10.6. The Labute approximate surface area is 136 Å². The summed E-state index contributed by atoms with van der Waals surface area (Å²) in [6.07, 6.45) is 3.41. The number of aryl methyl sites for hydroxylation is 1. The molecule has 22 heavy (non-hydrogen) atoms. The SMILES string of the molecule is CCOC[C@@H]1CC2(CCN(C(=O)c3ccc(C)s3)CC2)CO1. The lowest BCUT2D eigenvalue weighted by atomic mass is 9.76. The highest BCUT2D eigenvalue weighted by Crippen LogP contribution is 2.42. The fourth-order valence-electron chi connectivity index (χ4n) is 3.49. The quantitative estimate of drug-likeness (QED) is 0.854. The van der Waals surface area contributed by atoms with Crippen molar-refractivity contribution in [1.29, 1.82) is 0 Å². The number of hydrogen-bond acceptors (Lipinski definition) is 4. The van der Waals surface area contributed by atoms with E-state index < -0.39 is 0 Å². The number of piperidine rings is 1. The molecular formula is C17H25NO3S. The van der Waals surface area contributed by atoms with Gasteiger partial charge in [0.15, 0.2) is 0 Å². The minimum atomic E-state index is 0.192. The van der Waals surface area contributed by atoms with Gasteiger partial charge in [-0.15, -0.1) is 11.3 Å². The first kappa shape index (κ1) is 16.0. The zero-order chi connectivity index (χ0) is 15.6. The summed E-state index contributed by atoms with van der Waals surface area (Å²) in [5.74, 6) is 0.192. The molecule has 1 aromatic heterocycles. The fourth-order valence-corrected chi connectivity index (χ4v) is 4.33. The molecule has 5 heteroatoms. The van der Waals surface area contributed by atoms with Crippen LogP contribution in [0.25, 0.3) is 0 Å². The maximum absolute atomic E-state index is 12.5. The molecule has 1 atom stereocenters. The summed E-state index contributed by atoms with van der Waals surface area (Å²) in [7, 11) is 0. The van der Waals surface area contributed by atoms with E-state index in [9.17, 15) is 4.79 Å². The van der Waals surface area contributed by atoms with Crippen LogP contribution in [0, 0.1) is 12.3 Å². The van der Waals surface area contributed by atoms with Crippen LogP contribution in [0.1, 0.15) is 40.7 Å². The molecule has 1 spiro atoms. The van der Waals surface area contributed by atoms with Crippen molar-refractivity contribution in [2.45, 2.75) is 39.2 Å². The standard InChI is InChI=1S/C17H25NO3S/c1-3-20-11-14-10-17(12-21-14)6-8-18(9-7-17)16(19)15-5-4-13(2)22-15/h4-5,14H,3,6-12H2,1-2H3/t14-/m0/s1. The third kappa shape index (κ3) is 3.36. The molecule has 0 unspecified atom stereocenters. The third-order valence-corrected chi connectivity index (χ3v) is 5.84. The van der Waals surface area contributed by atoms with Crippen molar-refractivity contribution in [3.8, 4) is 0 Å². The van der Waals surface area contributed by atoms with Gasteiger partial charge in [0.1, 0.15) is 0 Å². The molecule has 2 aliphatic rings. The maximum Gasteiger partial charge on any atom is 0.263 e. The second kappa shape index (κ2) is 6.69. The van der Waals surface area contributed by atoms with E-state index in [2.05, 4.69) is 0 Å². The molecule has 2 saturated heterocycles. The van der Waals surface area contributed by atoms with Gasteiger partial charge in [0, 0.05) is 24.6 Å². The highest BCUT2D eigenvalue weighted by atomic mass is 32.1. The Balaban J connectivity index is 1.53. The zero-order valence-corrected chi connectivity index (χ0v) is 14.3. The second-order valence-electron chi connectivity index (χ2n) is 6.50. The van der Waals surface area contributed by atoms with Crippen LogP contribution in [-0.2, 0) is 9.47 Å². The Bertz CT molecular complexity index is 520. The first-order valence-corrected chi connectivity index (χ1v) is 8.99. The van der Waals surface area contributed by atoms with E-state index in [-0.39, 0.29) is 17.4 Å². The monoisotopic (exact) mass is 323 g/mol. The molecule has 3 rings (SSSR count). The Kier molecular flexibility index (Phi) is 4.85. The molecule has 0 saturated carbocycles. The maximum atomic E-state index is 12.5. The number of ether oxygens (including phenoxy) is 2. The van der Waals surface area contributed by atoms with Gasteiger partial charge in [0.05, 0.1) is 24.2 Å². The van der Waals surface area contributed by atoms with E-state index in [4.69, 9.17) is 9.47 Å². The summed E-state index contributed by atoms with van der Waals surface area (Å²) in [5.41, 5.74) is 0.268. The Hall–Kier alpha value is -0.910. The zero-order valence-electron chi connectivity index (χ0n) is 13.5. The highest BCUT2D eigenvalue weighted by molar-refractivity contribution is 7.13. The highest BCUT2D eigenvalue weighted by Gasteiger charge is 2.43. The first-order valence-electron chi connectivity index (χ1n) is 8.17. The third-order valence-electron chi connectivity index (χ3n) is 4.86. The Morgan fingerprint density at radius 3 is 2.86 bits per heavy atom. The summed E-state index contributed by atoms with van der Waals surface area (Å²) in [4.78, 5) is 16.6. The molecule has 3 heterocycles. The van der Waals surface area contributed by atoms with Crippen LogP contribution in [0.5, 0.6) is 0 Å². The molecular weight excluding hydrogens is 298 g/mol. The lowest BCUT2D eigenvalue weighted by Crippen LogP contribution is -2.43. The normalized spacial score (nSPS) is 24.1. The molecule has 0 N–H and O–H groups in total. The number of carbonyl (C=O) groups excluding carboxylic acids is 1. The van der Waals surface area contributed by atoms with Crippen LogP contribution in [0.3, 0.4) is 0 Å². The molecule has 2 fully saturated rings. The molecule has 0 aliphatic carbocycles. The summed E-state index contributed by atoms with van der Waals surface area (Å²) in [5, 5.41) is 0. The van der Waals surface area contributed by atoms with Gasteiger partial charge in [0.2, 0.25) is 0 Å². The van der Waals surface area contributed by atoms with Gasteiger partial charge in [-0.25, -0.2) is 0 Å². The largest absolute Gasteiger partial charge is 0.379 e. The Morgan fingerprint density at radius 2 is 2.23 bits per heavy atom. The van der Waals surface area contributed by atoms with Gasteiger partial charge in [-0.1, -0.05) is 0 Å². The van der Waals surface area contributed by atoms with Gasteiger partial charge in [0.25, 0.3) is 5.91 Å². The molecule has 1 amide bonds. The number of hydrogen-bond donors (Lipinski definition) is 0. The van der Waals surface area contributed by atoms with Gasteiger partial charge < -0.3 is 14.4 Å². The van der Waals surface area contributed by atoms with Crippen molar-refractivity contribution in [2.24, 2.45) is 5.41 Å². The molecule has 0 radical (unpaired) electrons. The number of nitrogens with zero attached hydrogens (tertiary/aromatic N) is 1. The summed E-state index contributed by atoms with van der Waals surface area (Å²) in [6.45, 7) is 8.03. The van der Waals surface area contributed by atoms with Crippen molar-refractivity contribution in [3.63, 3.8) is 0 Å². The van der Waals surface area contributed by atoms with E-state index in [1.807, 2.05) is 30.9 Å². The Morgan fingerprint density at radius 1 is 1.45 bits per heavy atom. The fraction of sp³-hybridized carbons (Fsp3) is 0.706. The summed E-state index contributed by atoms with van der Waals surface area (Å²) < 4.78 is 11.4. The van der Waals surface area contributed by atoms with Crippen LogP contribution in [0.2, 0.25) is 0 Å².